The summed E-state index contributed by atoms with van der Waals surface area (Å²) >= 11 is 12.0. The van der Waals surface area contributed by atoms with Gasteiger partial charge in [0, 0.05) is 24.5 Å². The zero-order valence-electron chi connectivity index (χ0n) is 14.1. The minimum Gasteiger partial charge on any atom is -0.477 e. The normalized spacial score (nSPS) is 12.7. The molecule has 1 atom stereocenters. The van der Waals surface area contributed by atoms with Gasteiger partial charge in [0.15, 0.2) is 5.57 Å². The number of hydrogen-bond donors (Lipinski definition) is 1. The average molecular weight is 391 g/mol. The first kappa shape index (κ1) is 19.7. The van der Waals surface area contributed by atoms with E-state index in [1.807, 2.05) is 13.8 Å². The summed E-state index contributed by atoms with van der Waals surface area (Å²) in [5.41, 5.74) is 0.999. The molecule has 0 saturated heterocycles. The molecule has 0 bridgehead atoms. The Morgan fingerprint density at radius 2 is 2.08 bits per heavy atom. The van der Waals surface area contributed by atoms with E-state index < -0.39 is 11.5 Å². The molecule has 0 spiro atoms. The van der Waals surface area contributed by atoms with Gasteiger partial charge >= 0.3 is 5.97 Å². The maximum atomic E-state index is 11.7. The number of aromatic nitrogens is 2. The Labute approximate surface area is 161 Å². The third-order valence-corrected chi connectivity index (χ3v) is 4.43. The summed E-state index contributed by atoms with van der Waals surface area (Å²) in [6.07, 6.45) is 3.12. The van der Waals surface area contributed by atoms with Gasteiger partial charge in [0.25, 0.3) is 0 Å². The van der Waals surface area contributed by atoms with Crippen LogP contribution < -0.4 is 0 Å². The van der Waals surface area contributed by atoms with Crippen LogP contribution in [0.3, 0.4) is 0 Å². The first-order chi connectivity index (χ1) is 12.4. The number of carboxylic acid groups (broad SMARTS) is 1. The Hall–Kier alpha value is -2.62. The third kappa shape index (κ3) is 4.13. The van der Waals surface area contributed by atoms with Crippen LogP contribution in [0.25, 0.3) is 5.70 Å². The first-order valence-electron chi connectivity index (χ1n) is 7.77. The number of carbonyl (C=O) groups is 1. The second-order valence-corrected chi connectivity index (χ2v) is 6.10. The molecule has 134 valence electrons. The molecule has 2 aromatic heterocycles. The van der Waals surface area contributed by atoms with E-state index in [2.05, 4.69) is 9.97 Å². The predicted octanol–water partition coefficient (Wildman–Crippen LogP) is 4.19. The van der Waals surface area contributed by atoms with E-state index >= 15 is 0 Å². The van der Waals surface area contributed by atoms with Crippen molar-refractivity contribution in [1.82, 2.24) is 14.9 Å². The highest BCUT2D eigenvalue weighted by molar-refractivity contribution is 6.31. The monoisotopic (exact) mass is 390 g/mol. The second-order valence-electron chi connectivity index (χ2n) is 5.36. The van der Waals surface area contributed by atoms with E-state index in [9.17, 15) is 15.2 Å². The molecule has 0 aliphatic rings. The van der Waals surface area contributed by atoms with Crippen LogP contribution in [0, 0.1) is 11.3 Å². The molecule has 6 nitrogen and oxygen atoms in total. The van der Waals surface area contributed by atoms with Gasteiger partial charge in [-0.15, -0.1) is 0 Å². The third-order valence-electron chi connectivity index (χ3n) is 3.90. The number of halogens is 2. The van der Waals surface area contributed by atoms with Crippen LogP contribution in [-0.2, 0) is 4.79 Å². The minimum absolute atomic E-state index is 0.122. The molecule has 1 unspecified atom stereocenters. The fraction of sp³-hybridized carbons (Fsp3) is 0.222. The molecule has 2 heterocycles. The summed E-state index contributed by atoms with van der Waals surface area (Å²) in [5, 5.41) is 19.5. The van der Waals surface area contributed by atoms with Crippen LogP contribution in [0.5, 0.6) is 0 Å². The van der Waals surface area contributed by atoms with Crippen molar-refractivity contribution in [2.75, 3.05) is 6.54 Å². The van der Waals surface area contributed by atoms with Crippen LogP contribution in [0.2, 0.25) is 10.3 Å². The Kier molecular flexibility index (Phi) is 6.56. The van der Waals surface area contributed by atoms with Gasteiger partial charge in [0.2, 0.25) is 0 Å². The number of nitriles is 1. The Morgan fingerprint density at radius 1 is 1.35 bits per heavy atom. The molecule has 0 aromatic carbocycles. The lowest BCUT2D eigenvalue weighted by Crippen LogP contribution is -2.28. The van der Waals surface area contributed by atoms with Crippen LogP contribution >= 0.6 is 23.2 Å². The van der Waals surface area contributed by atoms with Crippen molar-refractivity contribution in [3.63, 3.8) is 0 Å². The summed E-state index contributed by atoms with van der Waals surface area (Å²) < 4.78 is 0. The zero-order valence-corrected chi connectivity index (χ0v) is 15.7. The van der Waals surface area contributed by atoms with Crippen molar-refractivity contribution in [3.8, 4) is 6.07 Å². The lowest BCUT2D eigenvalue weighted by Gasteiger charge is -2.33. The van der Waals surface area contributed by atoms with Gasteiger partial charge in [-0.1, -0.05) is 29.3 Å². The van der Waals surface area contributed by atoms with Gasteiger partial charge in [-0.25, -0.2) is 14.8 Å². The minimum atomic E-state index is -1.33. The summed E-state index contributed by atoms with van der Waals surface area (Å²) in [5.74, 6) is -1.33. The van der Waals surface area contributed by atoms with E-state index in [0.717, 1.165) is 5.56 Å². The predicted molar refractivity (Wildman–Crippen MR) is 99.5 cm³/mol. The molecule has 0 aliphatic heterocycles. The molecule has 2 rings (SSSR count). The van der Waals surface area contributed by atoms with E-state index in [1.54, 1.807) is 41.4 Å². The number of carboxylic acids is 1. The maximum absolute atomic E-state index is 11.7. The molecule has 0 amide bonds. The van der Waals surface area contributed by atoms with Crippen molar-refractivity contribution in [3.05, 3.63) is 63.7 Å². The quantitative estimate of drug-likeness (QED) is 0.451. The average Bonchev–Trinajstić information content (AvgIpc) is 2.62. The zero-order chi connectivity index (χ0) is 19.3. The van der Waals surface area contributed by atoms with Crippen LogP contribution in [0.4, 0.5) is 0 Å². The molecule has 1 N–H and O–H groups in total. The van der Waals surface area contributed by atoms with Crippen LogP contribution in [-0.4, -0.2) is 32.5 Å². The largest absolute Gasteiger partial charge is 0.477 e. The summed E-state index contributed by atoms with van der Waals surface area (Å²) in [6, 6.07) is 8.23. The first-order valence-corrected chi connectivity index (χ1v) is 8.52. The van der Waals surface area contributed by atoms with Crippen molar-refractivity contribution in [2.45, 2.75) is 19.9 Å². The van der Waals surface area contributed by atoms with Crippen LogP contribution in [0.15, 0.2) is 42.2 Å². The fourth-order valence-corrected chi connectivity index (χ4v) is 2.96. The van der Waals surface area contributed by atoms with Gasteiger partial charge in [-0.05, 0) is 37.6 Å². The van der Waals surface area contributed by atoms with Gasteiger partial charge in [-0.2, -0.15) is 5.26 Å². The smallest absolute Gasteiger partial charge is 0.348 e. The van der Waals surface area contributed by atoms with E-state index in [1.165, 1.54) is 6.20 Å². The van der Waals surface area contributed by atoms with Crippen LogP contribution in [0.1, 0.15) is 31.0 Å². The van der Waals surface area contributed by atoms with Crippen molar-refractivity contribution >= 4 is 34.9 Å². The summed E-state index contributed by atoms with van der Waals surface area (Å²) in [4.78, 5) is 21.5. The summed E-state index contributed by atoms with van der Waals surface area (Å²) in [6.45, 7) is 4.18. The van der Waals surface area contributed by atoms with Crippen molar-refractivity contribution in [1.29, 1.82) is 5.26 Å². The number of aliphatic carboxylic acids is 1. The maximum Gasteiger partial charge on any atom is 0.348 e. The number of rotatable bonds is 6. The molecule has 8 heteroatoms. The second kappa shape index (κ2) is 8.65. The van der Waals surface area contributed by atoms with Gasteiger partial charge in [-0.3, -0.25) is 0 Å². The van der Waals surface area contributed by atoms with Crippen molar-refractivity contribution in [2.24, 2.45) is 0 Å². The molecule has 0 saturated carbocycles. The summed E-state index contributed by atoms with van der Waals surface area (Å²) in [7, 11) is 0. The molecule has 0 radical (unpaired) electrons. The van der Waals surface area contributed by atoms with Crippen molar-refractivity contribution < 1.29 is 9.90 Å². The van der Waals surface area contributed by atoms with E-state index in [4.69, 9.17) is 23.2 Å². The Balaban J connectivity index is 2.67. The number of nitrogens with zero attached hydrogens (tertiary/aromatic N) is 4. The van der Waals surface area contributed by atoms with E-state index in [-0.39, 0.29) is 16.9 Å². The van der Waals surface area contributed by atoms with Gasteiger partial charge in [0.05, 0.1) is 11.7 Å². The lowest BCUT2D eigenvalue weighted by atomic mass is 10.0. The molecule has 2 aromatic rings. The molecule has 26 heavy (non-hydrogen) atoms. The Bertz CT molecular complexity index is 876. The Morgan fingerprint density at radius 3 is 2.58 bits per heavy atom. The highest BCUT2D eigenvalue weighted by Gasteiger charge is 2.27. The number of hydrogen-bond acceptors (Lipinski definition) is 5. The van der Waals surface area contributed by atoms with Gasteiger partial charge in [0.1, 0.15) is 16.4 Å². The molecule has 0 aliphatic carbocycles. The van der Waals surface area contributed by atoms with Gasteiger partial charge < -0.3 is 10.0 Å². The highest BCUT2D eigenvalue weighted by atomic mass is 35.5. The SMILES string of the molecule is CCN(C(=C(C#N)C(=O)O)c1cccnc1Cl)C(C)c1ccc(Cl)nc1. The highest BCUT2D eigenvalue weighted by Crippen LogP contribution is 2.34. The molecular formula is C18H16Cl2N4O2. The molecular weight excluding hydrogens is 375 g/mol. The fourth-order valence-electron chi connectivity index (χ4n) is 2.64. The number of pyridine rings is 2. The standard InChI is InChI=1S/C18H16Cl2N4O2/c1-3-24(11(2)12-6-7-15(19)23-10-12)16(14(9-21)18(25)26)13-5-4-8-22-17(13)20/h4-8,10-11H,3H2,1-2H3,(H,25,26). The lowest BCUT2D eigenvalue weighted by molar-refractivity contribution is -0.132. The topological polar surface area (TPSA) is 90.1 Å². The molecule has 0 fully saturated rings. The van der Waals surface area contributed by atoms with E-state index in [0.29, 0.717) is 17.3 Å².